The third-order valence-corrected chi connectivity index (χ3v) is 2.98. The summed E-state index contributed by atoms with van der Waals surface area (Å²) in [5.74, 6) is 1.25. The highest BCUT2D eigenvalue weighted by Gasteiger charge is 2.11. The van der Waals surface area contributed by atoms with Gasteiger partial charge >= 0.3 is 0 Å². The van der Waals surface area contributed by atoms with Gasteiger partial charge in [0.15, 0.2) is 5.82 Å². The molecule has 0 aliphatic carbocycles. The molecule has 6 nitrogen and oxygen atoms in total. The summed E-state index contributed by atoms with van der Waals surface area (Å²) in [5, 5.41) is 17.3. The maximum atomic E-state index is 8.97. The molecule has 0 aromatic carbocycles. The summed E-state index contributed by atoms with van der Waals surface area (Å²) in [4.78, 5) is 7.29. The molecule has 0 unspecified atom stereocenters. The van der Waals surface area contributed by atoms with Gasteiger partial charge in [-0.15, -0.1) is 0 Å². The van der Waals surface area contributed by atoms with E-state index < -0.39 is 0 Å². The highest BCUT2D eigenvalue weighted by Crippen LogP contribution is 2.28. The molecule has 0 bridgehead atoms. The lowest BCUT2D eigenvalue weighted by atomic mass is 10.2. The Bertz CT molecular complexity index is 794. The number of hydrogen-bond donors (Lipinski definition) is 2. The van der Waals surface area contributed by atoms with Crippen LogP contribution in [0.5, 0.6) is 0 Å². The first-order valence-corrected chi connectivity index (χ1v) is 5.89. The Morgan fingerprint density at radius 1 is 1.47 bits per heavy atom. The van der Waals surface area contributed by atoms with Gasteiger partial charge < -0.3 is 10.3 Å². The number of halogens is 1. The van der Waals surface area contributed by atoms with Crippen molar-refractivity contribution >= 4 is 34.3 Å². The summed E-state index contributed by atoms with van der Waals surface area (Å²) >= 11 is 6.18. The Morgan fingerprint density at radius 2 is 2.32 bits per heavy atom. The molecule has 3 aromatic heterocycles. The van der Waals surface area contributed by atoms with Gasteiger partial charge in [-0.05, 0) is 0 Å². The summed E-state index contributed by atoms with van der Waals surface area (Å²) in [6.45, 7) is 0. The lowest BCUT2D eigenvalue weighted by molar-refractivity contribution is 0.771. The fourth-order valence-corrected chi connectivity index (χ4v) is 2.15. The zero-order valence-corrected chi connectivity index (χ0v) is 10.7. The average molecular weight is 273 g/mol. The van der Waals surface area contributed by atoms with E-state index in [0.717, 1.165) is 0 Å². The van der Waals surface area contributed by atoms with Crippen LogP contribution in [-0.2, 0) is 7.05 Å². The van der Waals surface area contributed by atoms with Gasteiger partial charge in [-0.1, -0.05) is 11.6 Å². The Balaban J connectivity index is 2.04. The first-order chi connectivity index (χ1) is 9.17. The first kappa shape index (κ1) is 11.6. The molecular formula is C12H9ClN6. The van der Waals surface area contributed by atoms with E-state index in [1.54, 1.807) is 16.9 Å². The number of pyridine rings is 1. The molecule has 0 radical (unpaired) electrons. The predicted octanol–water partition coefficient (Wildman–Crippen LogP) is 2.57. The number of nitrogens with one attached hydrogen (secondary N) is 2. The van der Waals surface area contributed by atoms with Gasteiger partial charge in [0.2, 0.25) is 0 Å². The lowest BCUT2D eigenvalue weighted by Gasteiger charge is -2.03. The van der Waals surface area contributed by atoms with Crippen molar-refractivity contribution in [3.63, 3.8) is 0 Å². The second-order valence-electron chi connectivity index (χ2n) is 4.03. The van der Waals surface area contributed by atoms with E-state index in [9.17, 15) is 0 Å². The zero-order valence-electron chi connectivity index (χ0n) is 9.98. The average Bonchev–Trinajstić information content (AvgIpc) is 2.96. The topological polar surface area (TPSA) is 82.3 Å². The molecule has 3 aromatic rings. The third kappa shape index (κ3) is 2.00. The van der Waals surface area contributed by atoms with E-state index in [1.807, 2.05) is 19.3 Å². The van der Waals surface area contributed by atoms with Crippen molar-refractivity contribution in [1.82, 2.24) is 19.7 Å². The second-order valence-corrected chi connectivity index (χ2v) is 4.43. The summed E-state index contributed by atoms with van der Waals surface area (Å²) in [7, 11) is 1.83. The molecule has 94 valence electrons. The van der Waals surface area contributed by atoms with Crippen LogP contribution in [0.15, 0.2) is 24.5 Å². The number of aromatic nitrogens is 4. The van der Waals surface area contributed by atoms with Crippen molar-refractivity contribution in [3.05, 3.63) is 35.1 Å². The molecule has 0 amide bonds. The van der Waals surface area contributed by atoms with Gasteiger partial charge in [-0.25, -0.2) is 4.98 Å². The van der Waals surface area contributed by atoms with E-state index in [2.05, 4.69) is 26.5 Å². The monoisotopic (exact) mass is 272 g/mol. The number of H-pyrrole nitrogens is 1. The van der Waals surface area contributed by atoms with Crippen molar-refractivity contribution in [2.45, 2.75) is 0 Å². The maximum Gasteiger partial charge on any atom is 0.153 e. The van der Waals surface area contributed by atoms with Crippen LogP contribution in [0.2, 0.25) is 5.02 Å². The van der Waals surface area contributed by atoms with Gasteiger partial charge in [0.1, 0.15) is 17.5 Å². The number of aryl methyl sites for hydroxylation is 1. The van der Waals surface area contributed by atoms with E-state index in [-0.39, 0.29) is 0 Å². The summed E-state index contributed by atoms with van der Waals surface area (Å²) in [6.07, 6.45) is 3.42. The van der Waals surface area contributed by atoms with Gasteiger partial charge in [-0.3, -0.25) is 4.68 Å². The summed E-state index contributed by atoms with van der Waals surface area (Å²) < 4.78 is 1.69. The molecule has 0 saturated carbocycles. The fourth-order valence-electron chi connectivity index (χ4n) is 1.85. The normalized spacial score (nSPS) is 10.6. The lowest BCUT2D eigenvalue weighted by Crippen LogP contribution is -1.96. The first-order valence-electron chi connectivity index (χ1n) is 5.52. The van der Waals surface area contributed by atoms with Crippen LogP contribution in [0.25, 0.3) is 11.0 Å². The van der Waals surface area contributed by atoms with Crippen LogP contribution in [-0.4, -0.2) is 19.7 Å². The van der Waals surface area contributed by atoms with E-state index >= 15 is 0 Å². The molecule has 7 heteroatoms. The summed E-state index contributed by atoms with van der Waals surface area (Å²) in [5.41, 5.74) is 1.05. The number of anilines is 2. The molecule has 19 heavy (non-hydrogen) atoms. The van der Waals surface area contributed by atoms with Crippen LogP contribution in [0.3, 0.4) is 0 Å². The van der Waals surface area contributed by atoms with Crippen LogP contribution >= 0.6 is 11.6 Å². The quantitative estimate of drug-likeness (QED) is 0.751. The Kier molecular flexibility index (Phi) is 2.62. The molecule has 3 heterocycles. The molecule has 0 aliphatic rings. The van der Waals surface area contributed by atoms with Gasteiger partial charge in [0, 0.05) is 31.6 Å². The Hall–Kier alpha value is -2.52. The van der Waals surface area contributed by atoms with Crippen molar-refractivity contribution in [1.29, 1.82) is 5.26 Å². The molecular weight excluding hydrogens is 264 g/mol. The minimum Gasteiger partial charge on any atom is -0.345 e. The molecule has 3 rings (SSSR count). The van der Waals surface area contributed by atoms with Crippen molar-refractivity contribution < 1.29 is 0 Å². The highest BCUT2D eigenvalue weighted by atomic mass is 35.5. The molecule has 0 fully saturated rings. The standard InChI is InChI=1S/C12H9ClN6/c1-19-3-2-9(18-19)16-10-4-8(13)11-7(5-14)6-15-12(11)17-10/h2-4,6H,1H3,(H2,15,16,17,18). The maximum absolute atomic E-state index is 8.97. The van der Waals surface area contributed by atoms with Crippen LogP contribution < -0.4 is 5.32 Å². The number of nitrogens with zero attached hydrogens (tertiary/aromatic N) is 4. The molecule has 0 atom stereocenters. The fraction of sp³-hybridized carbons (Fsp3) is 0.0833. The Morgan fingerprint density at radius 3 is 3.00 bits per heavy atom. The molecule has 0 aliphatic heterocycles. The molecule has 2 N–H and O–H groups in total. The molecule has 0 saturated heterocycles. The smallest absolute Gasteiger partial charge is 0.153 e. The van der Waals surface area contributed by atoms with Gasteiger partial charge in [-0.2, -0.15) is 10.4 Å². The zero-order chi connectivity index (χ0) is 13.4. The Labute approximate surface area is 113 Å². The second kappa shape index (κ2) is 4.30. The number of fused-ring (bicyclic) bond motifs is 1. The van der Waals surface area contributed by atoms with Crippen molar-refractivity contribution in [2.24, 2.45) is 7.05 Å². The van der Waals surface area contributed by atoms with E-state index in [1.165, 1.54) is 0 Å². The third-order valence-electron chi connectivity index (χ3n) is 2.68. The van der Waals surface area contributed by atoms with Crippen LogP contribution in [0.4, 0.5) is 11.6 Å². The van der Waals surface area contributed by atoms with Gasteiger partial charge in [0.25, 0.3) is 0 Å². The molecule has 0 spiro atoms. The van der Waals surface area contributed by atoms with Crippen LogP contribution in [0.1, 0.15) is 5.56 Å². The number of rotatable bonds is 2. The van der Waals surface area contributed by atoms with Gasteiger partial charge in [0.05, 0.1) is 16.0 Å². The van der Waals surface area contributed by atoms with Crippen molar-refractivity contribution in [3.8, 4) is 6.07 Å². The minimum absolute atomic E-state index is 0.473. The van der Waals surface area contributed by atoms with E-state index in [4.69, 9.17) is 16.9 Å². The van der Waals surface area contributed by atoms with Crippen molar-refractivity contribution in [2.75, 3.05) is 5.32 Å². The number of nitriles is 1. The number of hydrogen-bond acceptors (Lipinski definition) is 4. The summed E-state index contributed by atoms with van der Waals surface area (Å²) in [6, 6.07) is 5.57. The minimum atomic E-state index is 0.473. The highest BCUT2D eigenvalue weighted by molar-refractivity contribution is 6.36. The predicted molar refractivity (Wildman–Crippen MR) is 72.3 cm³/mol. The van der Waals surface area contributed by atoms with E-state index in [0.29, 0.717) is 33.3 Å². The largest absolute Gasteiger partial charge is 0.345 e. The SMILES string of the molecule is Cn1ccc(Nc2cc(Cl)c3c(C#N)c[nH]c3n2)n1. The number of aromatic amines is 1. The van der Waals surface area contributed by atoms with Crippen LogP contribution in [0, 0.1) is 11.3 Å².